The molecule has 4 aromatic rings. The van der Waals surface area contributed by atoms with Crippen molar-refractivity contribution in [2.75, 3.05) is 25.5 Å². The summed E-state index contributed by atoms with van der Waals surface area (Å²) in [6, 6.07) is 10.1. The summed E-state index contributed by atoms with van der Waals surface area (Å²) >= 11 is 0. The van der Waals surface area contributed by atoms with Gasteiger partial charge in [0.25, 0.3) is 5.56 Å². The van der Waals surface area contributed by atoms with Crippen molar-refractivity contribution in [3.63, 3.8) is 0 Å². The van der Waals surface area contributed by atoms with E-state index in [9.17, 15) is 19.1 Å². The number of aryl methyl sites for hydroxylation is 2. The van der Waals surface area contributed by atoms with Crippen molar-refractivity contribution in [3.05, 3.63) is 87.3 Å². The Hall–Kier alpha value is -3.98. The molecule has 8 nitrogen and oxygen atoms in total. The molecule has 0 saturated carbocycles. The molecule has 3 aromatic heterocycles. The number of carbonyl (C=O) groups is 1. The fourth-order valence-corrected chi connectivity index (χ4v) is 5.46. The highest BCUT2D eigenvalue weighted by atomic mass is 19.1. The highest BCUT2D eigenvalue weighted by Gasteiger charge is 2.26. The van der Waals surface area contributed by atoms with Gasteiger partial charge in [-0.15, -0.1) is 0 Å². The molecule has 2 N–H and O–H groups in total. The van der Waals surface area contributed by atoms with E-state index in [4.69, 9.17) is 0 Å². The Morgan fingerprint density at radius 1 is 1.19 bits per heavy atom. The number of nitrogens with one attached hydrogen (secondary N) is 1. The lowest BCUT2D eigenvalue weighted by molar-refractivity contribution is 0.0696. The molecule has 5 rings (SSSR count). The second-order valence-electron chi connectivity index (χ2n) is 9.68. The van der Waals surface area contributed by atoms with Gasteiger partial charge in [0.15, 0.2) is 0 Å². The van der Waals surface area contributed by atoms with Crippen molar-refractivity contribution in [2.24, 2.45) is 7.05 Å². The molecule has 1 aliphatic heterocycles. The third-order valence-corrected chi connectivity index (χ3v) is 7.44. The van der Waals surface area contributed by atoms with Crippen LogP contribution in [0.15, 0.2) is 53.6 Å². The van der Waals surface area contributed by atoms with Crippen molar-refractivity contribution < 1.29 is 14.3 Å². The molecule has 0 radical (unpaired) electrons. The van der Waals surface area contributed by atoms with Crippen LogP contribution in [0.2, 0.25) is 0 Å². The van der Waals surface area contributed by atoms with Gasteiger partial charge in [0, 0.05) is 55.9 Å². The number of likely N-dealkylation sites (tertiary alicyclic amines) is 1. The Morgan fingerprint density at radius 2 is 1.95 bits per heavy atom. The van der Waals surface area contributed by atoms with Crippen LogP contribution in [0.4, 0.5) is 10.1 Å². The van der Waals surface area contributed by atoms with E-state index >= 15 is 0 Å². The normalized spacial score (nSPS) is 14.8. The summed E-state index contributed by atoms with van der Waals surface area (Å²) in [4.78, 5) is 30.9. The van der Waals surface area contributed by atoms with Crippen molar-refractivity contribution in [3.8, 4) is 5.69 Å². The van der Waals surface area contributed by atoms with E-state index in [1.165, 1.54) is 0 Å². The number of piperidine rings is 1. The van der Waals surface area contributed by atoms with Gasteiger partial charge >= 0.3 is 5.97 Å². The zero-order valence-electron chi connectivity index (χ0n) is 21.2. The number of nitrogens with zero attached hydrogens (tertiary/aromatic N) is 4. The Kier molecular flexibility index (Phi) is 6.55. The number of aromatic carboxylic acids is 1. The first kappa shape index (κ1) is 24.7. The molecule has 1 aromatic carbocycles. The van der Waals surface area contributed by atoms with E-state index in [1.807, 2.05) is 19.2 Å². The van der Waals surface area contributed by atoms with E-state index in [0.29, 0.717) is 17.7 Å². The van der Waals surface area contributed by atoms with Gasteiger partial charge in [0.1, 0.15) is 11.5 Å². The summed E-state index contributed by atoms with van der Waals surface area (Å²) < 4.78 is 18.5. The number of aromatic nitrogens is 3. The Balaban J connectivity index is 1.35. The zero-order valence-corrected chi connectivity index (χ0v) is 21.2. The molecule has 1 saturated heterocycles. The standard InChI is InChI=1S/C28H30FN5O3/c1-17-12-19(28(36)37)13-23(29)26(17)18-5-9-33(10-6-18)16-21-15-22-24(4-8-31-27(22)32(21)3)34-11-7-20(30-2)14-25(34)35/h4,7-8,11-15,18,30H,5-6,9-10,16H2,1-3H3,(H,36,37). The molecule has 0 bridgehead atoms. The fourth-order valence-electron chi connectivity index (χ4n) is 5.46. The summed E-state index contributed by atoms with van der Waals surface area (Å²) in [7, 11) is 3.76. The lowest BCUT2D eigenvalue weighted by Gasteiger charge is -2.33. The van der Waals surface area contributed by atoms with Gasteiger partial charge in [0.05, 0.1) is 11.3 Å². The molecule has 0 aliphatic carbocycles. The molecular formula is C28H30FN5O3. The average Bonchev–Trinajstić information content (AvgIpc) is 3.19. The topological polar surface area (TPSA) is 92.4 Å². The minimum Gasteiger partial charge on any atom is -0.478 e. The van der Waals surface area contributed by atoms with E-state index in [0.717, 1.165) is 60.1 Å². The van der Waals surface area contributed by atoms with Crippen LogP contribution < -0.4 is 10.9 Å². The van der Waals surface area contributed by atoms with Crippen molar-refractivity contribution in [1.29, 1.82) is 0 Å². The number of hydrogen-bond donors (Lipinski definition) is 2. The Morgan fingerprint density at radius 3 is 2.59 bits per heavy atom. The van der Waals surface area contributed by atoms with Gasteiger partial charge in [-0.3, -0.25) is 14.3 Å². The molecule has 9 heteroatoms. The summed E-state index contributed by atoms with van der Waals surface area (Å²) in [5.74, 6) is -1.48. The molecule has 192 valence electrons. The molecular weight excluding hydrogens is 473 g/mol. The predicted molar refractivity (Wildman–Crippen MR) is 141 cm³/mol. The molecule has 0 atom stereocenters. The van der Waals surface area contributed by atoms with E-state index in [-0.39, 0.29) is 17.0 Å². The van der Waals surface area contributed by atoms with Crippen molar-refractivity contribution in [1.82, 2.24) is 19.0 Å². The number of anilines is 1. The molecule has 0 amide bonds. The largest absolute Gasteiger partial charge is 0.478 e. The maximum Gasteiger partial charge on any atom is 0.335 e. The average molecular weight is 504 g/mol. The van der Waals surface area contributed by atoms with Crippen LogP contribution >= 0.6 is 0 Å². The summed E-state index contributed by atoms with van der Waals surface area (Å²) in [5.41, 5.74) is 4.64. The Bertz CT molecular complexity index is 1530. The van der Waals surface area contributed by atoms with Gasteiger partial charge in [-0.1, -0.05) is 0 Å². The molecule has 1 fully saturated rings. The van der Waals surface area contributed by atoms with Crippen LogP contribution in [0.25, 0.3) is 16.7 Å². The summed E-state index contributed by atoms with van der Waals surface area (Å²) in [6.07, 6.45) is 5.08. The third kappa shape index (κ3) is 4.62. The maximum absolute atomic E-state index is 14.8. The van der Waals surface area contributed by atoms with Crippen LogP contribution in [0, 0.1) is 12.7 Å². The predicted octanol–water partition coefficient (Wildman–Crippen LogP) is 4.29. The number of pyridine rings is 2. The number of fused-ring (bicyclic) bond motifs is 1. The second kappa shape index (κ2) is 9.82. The number of carboxylic acids is 1. The first-order valence-electron chi connectivity index (χ1n) is 12.4. The molecule has 0 spiro atoms. The van der Waals surface area contributed by atoms with Gasteiger partial charge < -0.3 is 15.0 Å². The van der Waals surface area contributed by atoms with Gasteiger partial charge in [-0.05, 0) is 80.2 Å². The van der Waals surface area contributed by atoms with Gasteiger partial charge in [-0.25, -0.2) is 14.2 Å². The van der Waals surface area contributed by atoms with Crippen LogP contribution in [0.3, 0.4) is 0 Å². The van der Waals surface area contributed by atoms with E-state index < -0.39 is 11.8 Å². The van der Waals surface area contributed by atoms with Crippen LogP contribution in [0.5, 0.6) is 0 Å². The van der Waals surface area contributed by atoms with Crippen LogP contribution in [0.1, 0.15) is 45.9 Å². The quantitative estimate of drug-likeness (QED) is 0.408. The first-order valence-corrected chi connectivity index (χ1v) is 12.4. The summed E-state index contributed by atoms with van der Waals surface area (Å²) in [6.45, 7) is 4.11. The van der Waals surface area contributed by atoms with Gasteiger partial charge in [-0.2, -0.15) is 0 Å². The Labute approximate surface area is 214 Å². The van der Waals surface area contributed by atoms with E-state index in [2.05, 4.69) is 25.8 Å². The lowest BCUT2D eigenvalue weighted by Crippen LogP contribution is -2.33. The number of halogens is 1. The lowest BCUT2D eigenvalue weighted by atomic mass is 9.85. The highest BCUT2D eigenvalue weighted by Crippen LogP contribution is 2.34. The van der Waals surface area contributed by atoms with Crippen LogP contribution in [-0.4, -0.2) is 50.2 Å². The fraction of sp³-hybridized carbons (Fsp3) is 0.321. The summed E-state index contributed by atoms with van der Waals surface area (Å²) in [5, 5.41) is 13.1. The number of benzene rings is 1. The molecule has 0 unspecified atom stereocenters. The van der Waals surface area contributed by atoms with Crippen LogP contribution in [-0.2, 0) is 13.6 Å². The number of hydrogen-bond acceptors (Lipinski definition) is 5. The number of carboxylic acid groups (broad SMARTS) is 1. The highest BCUT2D eigenvalue weighted by molar-refractivity contribution is 5.88. The monoisotopic (exact) mass is 503 g/mol. The minimum atomic E-state index is -1.11. The van der Waals surface area contributed by atoms with Gasteiger partial charge in [0.2, 0.25) is 0 Å². The van der Waals surface area contributed by atoms with Crippen molar-refractivity contribution >= 4 is 22.7 Å². The van der Waals surface area contributed by atoms with E-state index in [1.54, 1.807) is 43.1 Å². The molecule has 4 heterocycles. The molecule has 1 aliphatic rings. The first-order chi connectivity index (χ1) is 17.8. The smallest absolute Gasteiger partial charge is 0.335 e. The SMILES string of the molecule is CNc1ccn(-c2ccnc3c2cc(CN2CCC(c4c(C)cc(C(=O)O)cc4F)CC2)n3C)c(=O)c1. The minimum absolute atomic E-state index is 0.0137. The molecule has 37 heavy (non-hydrogen) atoms. The zero-order chi connectivity index (χ0) is 26.3. The van der Waals surface area contributed by atoms with Crippen molar-refractivity contribution in [2.45, 2.75) is 32.2 Å². The number of rotatable bonds is 6. The second-order valence-corrected chi connectivity index (χ2v) is 9.68. The maximum atomic E-state index is 14.8. The third-order valence-electron chi connectivity index (χ3n) is 7.44.